The lowest BCUT2D eigenvalue weighted by Crippen LogP contribution is -2.49. The molecule has 0 saturated carbocycles. The first kappa shape index (κ1) is 15.4. The predicted octanol–water partition coefficient (Wildman–Crippen LogP) is -0.259. The molecular weight excluding hydrogens is 266 g/mol. The highest BCUT2D eigenvalue weighted by atomic mass is 16.4. The van der Waals surface area contributed by atoms with Gasteiger partial charge in [0.15, 0.2) is 6.04 Å². The molecule has 0 aliphatic rings. The van der Waals surface area contributed by atoms with Crippen molar-refractivity contribution in [3.63, 3.8) is 0 Å². The molecule has 0 bridgehead atoms. The summed E-state index contributed by atoms with van der Waals surface area (Å²) in [4.78, 5) is 33.4. The van der Waals surface area contributed by atoms with Gasteiger partial charge in [0.25, 0.3) is 0 Å². The summed E-state index contributed by atoms with van der Waals surface area (Å²) in [5, 5.41) is 22.5. The fraction of sp³-hybridized carbons (Fsp3) is 0.250. The number of anilines is 1. The Morgan fingerprint density at radius 2 is 1.95 bits per heavy atom. The van der Waals surface area contributed by atoms with Crippen LogP contribution in [0, 0.1) is 0 Å². The number of benzene rings is 1. The maximum Gasteiger partial charge on any atom is 0.328 e. The number of aliphatic carboxylic acids is 1. The first-order valence-electron chi connectivity index (χ1n) is 5.69. The second kappa shape index (κ2) is 6.53. The molecule has 0 fully saturated rings. The monoisotopic (exact) mass is 281 g/mol. The predicted molar refractivity (Wildman–Crippen MR) is 70.2 cm³/mol. The number of carboxylic acids is 1. The number of amides is 3. The van der Waals surface area contributed by atoms with Crippen molar-refractivity contribution < 1.29 is 24.6 Å². The van der Waals surface area contributed by atoms with Crippen molar-refractivity contribution >= 4 is 23.6 Å². The molecule has 2 unspecified atom stereocenters. The summed E-state index contributed by atoms with van der Waals surface area (Å²) in [6, 6.07) is 3.58. The molecule has 0 aliphatic carbocycles. The van der Waals surface area contributed by atoms with Gasteiger partial charge in [-0.3, -0.25) is 4.79 Å². The molecule has 2 atom stereocenters. The Morgan fingerprint density at radius 3 is 2.45 bits per heavy atom. The number of hydrogen-bond donors (Lipinski definition) is 5. The Hall–Kier alpha value is -2.61. The fourth-order valence-corrected chi connectivity index (χ4v) is 1.45. The zero-order valence-corrected chi connectivity index (χ0v) is 10.7. The van der Waals surface area contributed by atoms with Gasteiger partial charge in [-0.15, -0.1) is 0 Å². The van der Waals surface area contributed by atoms with Gasteiger partial charge >= 0.3 is 12.0 Å². The lowest BCUT2D eigenvalue weighted by Gasteiger charge is -2.17. The highest BCUT2D eigenvalue weighted by Gasteiger charge is 2.24. The first-order valence-corrected chi connectivity index (χ1v) is 5.69. The van der Waals surface area contributed by atoms with Crippen molar-refractivity contribution in [3.8, 4) is 0 Å². The number of rotatable bonds is 5. The third-order valence-electron chi connectivity index (χ3n) is 2.44. The van der Waals surface area contributed by atoms with E-state index in [1.807, 2.05) is 0 Å². The van der Waals surface area contributed by atoms with E-state index >= 15 is 0 Å². The molecule has 3 amide bonds. The first-order chi connectivity index (χ1) is 9.31. The molecule has 1 aromatic carbocycles. The standard InChI is InChI=1S/C12H15N3O5/c1-6(16)9(11(18)19)15-12(20)14-8-4-2-3-7(5-8)10(13)17/h2-6,9,16H,1H3,(H2,13,17)(H,18,19)(H2,14,15,20). The SMILES string of the molecule is CC(O)C(NC(=O)Nc1cccc(C(N)=O)c1)C(=O)O. The van der Waals surface area contributed by atoms with E-state index < -0.39 is 30.1 Å². The van der Waals surface area contributed by atoms with Crippen LogP contribution in [-0.2, 0) is 4.79 Å². The third-order valence-corrected chi connectivity index (χ3v) is 2.44. The molecule has 8 heteroatoms. The van der Waals surface area contributed by atoms with E-state index in [4.69, 9.17) is 10.8 Å². The Balaban J connectivity index is 2.73. The van der Waals surface area contributed by atoms with Gasteiger partial charge in [-0.05, 0) is 25.1 Å². The summed E-state index contributed by atoms with van der Waals surface area (Å²) < 4.78 is 0. The molecular formula is C12H15N3O5. The normalized spacial score (nSPS) is 13.1. The summed E-state index contributed by atoms with van der Waals surface area (Å²) in [7, 11) is 0. The second-order valence-electron chi connectivity index (χ2n) is 4.10. The van der Waals surface area contributed by atoms with E-state index in [9.17, 15) is 19.5 Å². The van der Waals surface area contributed by atoms with Crippen LogP contribution >= 0.6 is 0 Å². The van der Waals surface area contributed by atoms with Gasteiger partial charge in [-0.25, -0.2) is 9.59 Å². The van der Waals surface area contributed by atoms with E-state index in [1.165, 1.54) is 31.2 Å². The van der Waals surface area contributed by atoms with Gasteiger partial charge in [0.05, 0.1) is 6.10 Å². The second-order valence-corrected chi connectivity index (χ2v) is 4.10. The van der Waals surface area contributed by atoms with Crippen molar-refractivity contribution in [2.75, 3.05) is 5.32 Å². The number of primary amides is 1. The quantitative estimate of drug-likeness (QED) is 0.505. The van der Waals surface area contributed by atoms with Crippen LogP contribution < -0.4 is 16.4 Å². The molecule has 108 valence electrons. The molecule has 8 nitrogen and oxygen atoms in total. The molecule has 0 radical (unpaired) electrons. The number of urea groups is 1. The molecule has 0 saturated heterocycles. The van der Waals surface area contributed by atoms with E-state index in [2.05, 4.69) is 10.6 Å². The van der Waals surface area contributed by atoms with Gasteiger partial charge < -0.3 is 26.6 Å². The average Bonchev–Trinajstić information content (AvgIpc) is 2.35. The minimum absolute atomic E-state index is 0.202. The smallest absolute Gasteiger partial charge is 0.328 e. The fourth-order valence-electron chi connectivity index (χ4n) is 1.45. The Labute approximate surface area is 114 Å². The Bertz CT molecular complexity index is 530. The number of nitrogens with two attached hydrogens (primary N) is 1. The third kappa shape index (κ3) is 4.25. The lowest BCUT2D eigenvalue weighted by molar-refractivity contribution is -0.141. The zero-order valence-electron chi connectivity index (χ0n) is 10.7. The van der Waals surface area contributed by atoms with Gasteiger partial charge in [0.2, 0.25) is 5.91 Å². The van der Waals surface area contributed by atoms with Crippen LogP contribution in [0.1, 0.15) is 17.3 Å². The zero-order chi connectivity index (χ0) is 15.3. The minimum Gasteiger partial charge on any atom is -0.480 e. The summed E-state index contributed by atoms with van der Waals surface area (Å²) in [6.07, 6.45) is -1.25. The molecule has 0 aliphatic heterocycles. The summed E-state index contributed by atoms with van der Waals surface area (Å²) in [5.41, 5.74) is 5.57. The van der Waals surface area contributed by atoms with Gasteiger partial charge in [0, 0.05) is 11.3 Å². The van der Waals surface area contributed by atoms with Crippen LogP contribution in [0.5, 0.6) is 0 Å². The van der Waals surface area contributed by atoms with Crippen LogP contribution in [0.3, 0.4) is 0 Å². The topological polar surface area (TPSA) is 142 Å². The molecule has 0 heterocycles. The van der Waals surface area contributed by atoms with Crippen LogP contribution in [0.2, 0.25) is 0 Å². The minimum atomic E-state index is -1.44. The van der Waals surface area contributed by atoms with Gasteiger partial charge in [0.1, 0.15) is 0 Å². The Kier molecular flexibility index (Phi) is 5.04. The molecule has 0 aromatic heterocycles. The maximum atomic E-state index is 11.6. The van der Waals surface area contributed by atoms with Crippen LogP contribution in [0.4, 0.5) is 10.5 Å². The van der Waals surface area contributed by atoms with Crippen molar-refractivity contribution in [2.24, 2.45) is 5.73 Å². The molecule has 1 rings (SSSR count). The van der Waals surface area contributed by atoms with Crippen LogP contribution in [0.15, 0.2) is 24.3 Å². The summed E-state index contributed by atoms with van der Waals surface area (Å²) >= 11 is 0. The highest BCUT2D eigenvalue weighted by Crippen LogP contribution is 2.10. The van der Waals surface area contributed by atoms with Gasteiger partial charge in [-0.1, -0.05) is 6.07 Å². The van der Waals surface area contributed by atoms with E-state index in [1.54, 1.807) is 0 Å². The number of aliphatic hydroxyl groups excluding tert-OH is 1. The van der Waals surface area contributed by atoms with Crippen molar-refractivity contribution in [1.82, 2.24) is 5.32 Å². The number of hydrogen-bond acceptors (Lipinski definition) is 4. The summed E-state index contributed by atoms with van der Waals surface area (Å²) in [6.45, 7) is 1.24. The van der Waals surface area contributed by atoms with E-state index in [0.29, 0.717) is 0 Å². The molecule has 20 heavy (non-hydrogen) atoms. The van der Waals surface area contributed by atoms with E-state index in [-0.39, 0.29) is 11.3 Å². The molecule has 0 spiro atoms. The molecule has 6 N–H and O–H groups in total. The average molecular weight is 281 g/mol. The van der Waals surface area contributed by atoms with E-state index in [0.717, 1.165) is 0 Å². The molecule has 1 aromatic rings. The number of carbonyl (C=O) groups is 3. The van der Waals surface area contributed by atoms with Crippen LogP contribution in [-0.4, -0.2) is 40.3 Å². The van der Waals surface area contributed by atoms with Crippen molar-refractivity contribution in [1.29, 1.82) is 0 Å². The number of carboxylic acid groups (broad SMARTS) is 1. The van der Waals surface area contributed by atoms with Crippen LogP contribution in [0.25, 0.3) is 0 Å². The lowest BCUT2D eigenvalue weighted by atomic mass is 10.2. The van der Waals surface area contributed by atoms with Crippen molar-refractivity contribution in [3.05, 3.63) is 29.8 Å². The highest BCUT2D eigenvalue weighted by molar-refractivity contribution is 5.96. The Morgan fingerprint density at radius 1 is 1.30 bits per heavy atom. The van der Waals surface area contributed by atoms with Crippen molar-refractivity contribution in [2.45, 2.75) is 19.1 Å². The maximum absolute atomic E-state index is 11.6. The largest absolute Gasteiger partial charge is 0.480 e. The number of nitrogens with one attached hydrogen (secondary N) is 2. The van der Waals surface area contributed by atoms with Gasteiger partial charge in [-0.2, -0.15) is 0 Å². The summed E-state index contributed by atoms with van der Waals surface area (Å²) in [5.74, 6) is -2.01. The number of aliphatic hydroxyl groups is 1. The number of carbonyl (C=O) groups excluding carboxylic acids is 2.